The predicted molar refractivity (Wildman–Crippen MR) is 108 cm³/mol. The molecular formula is C22H21N3O3S. The molecule has 0 atom stereocenters. The highest BCUT2D eigenvalue weighted by Gasteiger charge is 2.35. The van der Waals surface area contributed by atoms with E-state index >= 15 is 0 Å². The molecule has 0 amide bonds. The summed E-state index contributed by atoms with van der Waals surface area (Å²) in [7, 11) is -3.91. The lowest BCUT2D eigenvalue weighted by atomic mass is 9.91. The Kier molecular flexibility index (Phi) is 5.47. The summed E-state index contributed by atoms with van der Waals surface area (Å²) in [6.45, 7) is 0.818. The number of sulfonamides is 1. The molecule has 0 unspecified atom stereocenters. The van der Waals surface area contributed by atoms with Crippen LogP contribution in [0.2, 0.25) is 0 Å². The van der Waals surface area contributed by atoms with Gasteiger partial charge in [0.15, 0.2) is 5.69 Å². The van der Waals surface area contributed by atoms with Crippen molar-refractivity contribution in [3.05, 3.63) is 71.9 Å². The molecule has 0 bridgehead atoms. The van der Waals surface area contributed by atoms with Crippen LogP contribution in [0.25, 0.3) is 11.5 Å². The number of nitrogens with zero attached hydrogens (tertiary/aromatic N) is 3. The molecule has 29 heavy (non-hydrogen) atoms. The van der Waals surface area contributed by atoms with Crippen LogP contribution in [-0.4, -0.2) is 30.8 Å². The second-order valence-electron chi connectivity index (χ2n) is 7.17. The third kappa shape index (κ3) is 4.09. The van der Waals surface area contributed by atoms with Crippen molar-refractivity contribution in [3.63, 3.8) is 0 Å². The van der Waals surface area contributed by atoms with E-state index in [1.54, 1.807) is 24.3 Å². The molecule has 1 aliphatic rings. The highest BCUT2D eigenvalue weighted by Crippen LogP contribution is 2.30. The highest BCUT2D eigenvalue weighted by atomic mass is 32.2. The Morgan fingerprint density at radius 1 is 1.03 bits per heavy atom. The van der Waals surface area contributed by atoms with Crippen molar-refractivity contribution in [3.8, 4) is 17.5 Å². The van der Waals surface area contributed by atoms with Crippen LogP contribution in [0, 0.1) is 17.2 Å². The maximum atomic E-state index is 13.1. The SMILES string of the molecule is N#Cc1nc(-c2ccccc2)oc1S(=O)(=O)N1CCC(Cc2ccccc2)CC1. The Hall–Kier alpha value is -2.95. The first-order valence-electron chi connectivity index (χ1n) is 9.58. The summed E-state index contributed by atoms with van der Waals surface area (Å²) in [4.78, 5) is 4.10. The molecule has 1 aromatic heterocycles. The fourth-order valence-corrected chi connectivity index (χ4v) is 5.12. The Labute approximate surface area is 170 Å². The Morgan fingerprint density at radius 3 is 2.28 bits per heavy atom. The van der Waals surface area contributed by atoms with Crippen LogP contribution in [0.15, 0.2) is 70.2 Å². The topological polar surface area (TPSA) is 87.2 Å². The van der Waals surface area contributed by atoms with Gasteiger partial charge in [-0.3, -0.25) is 0 Å². The van der Waals surface area contributed by atoms with Crippen molar-refractivity contribution in [1.29, 1.82) is 5.26 Å². The van der Waals surface area contributed by atoms with Crippen molar-refractivity contribution in [2.24, 2.45) is 5.92 Å². The van der Waals surface area contributed by atoms with E-state index in [1.165, 1.54) is 9.87 Å². The number of nitriles is 1. The molecule has 0 spiro atoms. The number of rotatable bonds is 5. The zero-order valence-electron chi connectivity index (χ0n) is 15.9. The summed E-state index contributed by atoms with van der Waals surface area (Å²) in [5, 5.41) is 9.03. The van der Waals surface area contributed by atoms with Crippen LogP contribution in [0.3, 0.4) is 0 Å². The van der Waals surface area contributed by atoms with Gasteiger partial charge in [-0.2, -0.15) is 14.6 Å². The minimum Gasteiger partial charge on any atom is -0.422 e. The number of hydrogen-bond acceptors (Lipinski definition) is 5. The maximum absolute atomic E-state index is 13.1. The van der Waals surface area contributed by atoms with Gasteiger partial charge in [0.2, 0.25) is 5.89 Å². The van der Waals surface area contributed by atoms with Gasteiger partial charge in [-0.05, 0) is 42.9 Å². The minimum atomic E-state index is -3.91. The first-order valence-corrected chi connectivity index (χ1v) is 11.0. The van der Waals surface area contributed by atoms with E-state index in [0.29, 0.717) is 24.6 Å². The second-order valence-corrected chi connectivity index (χ2v) is 9.01. The average molecular weight is 407 g/mol. The fourth-order valence-electron chi connectivity index (χ4n) is 3.67. The number of aromatic nitrogens is 1. The third-order valence-electron chi connectivity index (χ3n) is 5.24. The summed E-state index contributed by atoms with van der Waals surface area (Å²) < 4.78 is 33.2. The highest BCUT2D eigenvalue weighted by molar-refractivity contribution is 7.89. The lowest BCUT2D eigenvalue weighted by Gasteiger charge is -2.30. The lowest BCUT2D eigenvalue weighted by molar-refractivity contribution is 0.267. The second kappa shape index (κ2) is 8.19. The molecule has 0 saturated carbocycles. The fraction of sp³-hybridized carbons (Fsp3) is 0.273. The third-order valence-corrected chi connectivity index (χ3v) is 7.03. The van der Waals surface area contributed by atoms with Crippen molar-refractivity contribution in [2.75, 3.05) is 13.1 Å². The van der Waals surface area contributed by atoms with Gasteiger partial charge in [-0.1, -0.05) is 48.5 Å². The Balaban J connectivity index is 1.51. The largest absolute Gasteiger partial charge is 0.422 e. The van der Waals surface area contributed by atoms with Crippen LogP contribution < -0.4 is 0 Å². The van der Waals surface area contributed by atoms with Gasteiger partial charge in [0.25, 0.3) is 15.1 Å². The zero-order chi connectivity index (χ0) is 20.3. The summed E-state index contributed by atoms with van der Waals surface area (Å²) in [6.07, 6.45) is 2.49. The van der Waals surface area contributed by atoms with E-state index in [9.17, 15) is 13.7 Å². The van der Waals surface area contributed by atoms with Crippen LogP contribution in [-0.2, 0) is 16.4 Å². The van der Waals surface area contributed by atoms with Gasteiger partial charge in [-0.15, -0.1) is 0 Å². The summed E-state index contributed by atoms with van der Waals surface area (Å²) in [5.74, 6) is 0.577. The van der Waals surface area contributed by atoms with Gasteiger partial charge in [0.05, 0.1) is 0 Å². The van der Waals surface area contributed by atoms with Gasteiger partial charge in [0, 0.05) is 18.7 Å². The number of hydrogen-bond donors (Lipinski definition) is 0. The normalized spacial score (nSPS) is 15.8. The van der Waals surface area contributed by atoms with Gasteiger partial charge in [-0.25, -0.2) is 8.42 Å². The predicted octanol–water partition coefficient (Wildman–Crippen LogP) is 3.86. The van der Waals surface area contributed by atoms with Crippen molar-refractivity contribution in [1.82, 2.24) is 9.29 Å². The molecule has 3 aromatic rings. The van der Waals surface area contributed by atoms with Crippen LogP contribution in [0.1, 0.15) is 24.1 Å². The smallest absolute Gasteiger partial charge is 0.279 e. The molecular weight excluding hydrogens is 386 g/mol. The molecule has 0 aliphatic carbocycles. The van der Waals surface area contributed by atoms with E-state index in [2.05, 4.69) is 17.1 Å². The molecule has 1 aliphatic heterocycles. The molecule has 1 fully saturated rings. The van der Waals surface area contributed by atoms with E-state index in [4.69, 9.17) is 4.42 Å². The first-order chi connectivity index (χ1) is 14.1. The van der Waals surface area contributed by atoms with E-state index in [-0.39, 0.29) is 16.7 Å². The summed E-state index contributed by atoms with van der Waals surface area (Å²) in [5.41, 5.74) is 1.70. The molecule has 7 heteroatoms. The van der Waals surface area contributed by atoms with Crippen molar-refractivity contribution < 1.29 is 12.8 Å². The monoisotopic (exact) mass is 407 g/mol. The Bertz CT molecular complexity index is 1110. The zero-order valence-corrected chi connectivity index (χ0v) is 16.7. The van der Waals surface area contributed by atoms with E-state index < -0.39 is 10.0 Å². The van der Waals surface area contributed by atoms with E-state index in [1.807, 2.05) is 30.3 Å². The lowest BCUT2D eigenvalue weighted by Crippen LogP contribution is -2.39. The molecule has 2 heterocycles. The van der Waals surface area contributed by atoms with Crippen LogP contribution in [0.4, 0.5) is 0 Å². The van der Waals surface area contributed by atoms with Gasteiger partial charge in [0.1, 0.15) is 6.07 Å². The maximum Gasteiger partial charge on any atom is 0.279 e. The van der Waals surface area contributed by atoms with Gasteiger partial charge >= 0.3 is 0 Å². The van der Waals surface area contributed by atoms with Crippen molar-refractivity contribution >= 4 is 10.0 Å². The molecule has 2 aromatic carbocycles. The number of benzene rings is 2. The molecule has 0 N–H and O–H groups in total. The number of piperidine rings is 1. The molecule has 4 rings (SSSR count). The van der Waals surface area contributed by atoms with Crippen molar-refractivity contribution in [2.45, 2.75) is 24.4 Å². The van der Waals surface area contributed by atoms with Gasteiger partial charge < -0.3 is 4.42 Å². The summed E-state index contributed by atoms with van der Waals surface area (Å²) in [6, 6.07) is 21.1. The molecule has 0 radical (unpaired) electrons. The Morgan fingerprint density at radius 2 is 1.66 bits per heavy atom. The molecule has 1 saturated heterocycles. The minimum absolute atomic E-state index is 0.139. The average Bonchev–Trinajstić information content (AvgIpc) is 3.21. The first kappa shape index (κ1) is 19.4. The quantitative estimate of drug-likeness (QED) is 0.641. The standard InChI is InChI=1S/C22H21N3O3S/c23-16-20-22(28-21(24-20)19-9-5-2-6-10-19)29(26,27)25-13-11-18(12-14-25)15-17-7-3-1-4-8-17/h1-10,18H,11-15H2. The molecule has 148 valence electrons. The number of oxazole rings is 1. The van der Waals surface area contributed by atoms with Crippen LogP contribution in [0.5, 0.6) is 0 Å². The molecule has 6 nitrogen and oxygen atoms in total. The summed E-state index contributed by atoms with van der Waals surface area (Å²) >= 11 is 0. The van der Waals surface area contributed by atoms with E-state index in [0.717, 1.165) is 19.3 Å². The van der Waals surface area contributed by atoms with Crippen LogP contribution >= 0.6 is 0 Å².